The first-order valence-electron chi connectivity index (χ1n) is 12.8. The second-order valence-corrected chi connectivity index (χ2v) is 11.5. The lowest BCUT2D eigenvalue weighted by Gasteiger charge is -2.52. The Labute approximate surface area is 243 Å². The molecular weight excluding hydrogens is 590 g/mol. The van der Waals surface area contributed by atoms with E-state index < -0.39 is 17.3 Å². The summed E-state index contributed by atoms with van der Waals surface area (Å²) in [4.78, 5) is 42.7. The summed E-state index contributed by atoms with van der Waals surface area (Å²) in [6, 6.07) is 29.6. The second kappa shape index (κ2) is 9.25. The van der Waals surface area contributed by atoms with Crippen molar-refractivity contribution in [2.45, 2.75) is 11.3 Å². The lowest BCUT2D eigenvalue weighted by Crippen LogP contribution is -2.54. The summed E-state index contributed by atoms with van der Waals surface area (Å²) < 4.78 is 0.858. The van der Waals surface area contributed by atoms with Gasteiger partial charge in [-0.05, 0) is 58.7 Å². The number of rotatable bonds is 4. The van der Waals surface area contributed by atoms with Crippen LogP contribution < -0.4 is 10.3 Å². The number of anilines is 1. The Kier molecular flexibility index (Phi) is 5.77. The molecule has 0 spiro atoms. The maximum Gasteiger partial charge on any atom is 0.271 e. The van der Waals surface area contributed by atoms with Crippen molar-refractivity contribution in [2.24, 2.45) is 16.9 Å². The standard InChI is InChI=1S/C32H21BrClN3O3/c33-19-15-13-18(14-16-19)29(38)36-35-17-32-22-9-3-1-7-20(22)26(21-8-2-4-10-23(21)32)27-28(32)31(40)37(30(27)39)25-12-6-5-11-24(25)34/h1-17,26-28H,(H,36,38). The first-order chi connectivity index (χ1) is 19.4. The summed E-state index contributed by atoms with van der Waals surface area (Å²) in [5, 5.41) is 4.78. The van der Waals surface area contributed by atoms with Crippen molar-refractivity contribution in [3.05, 3.63) is 134 Å². The van der Waals surface area contributed by atoms with Gasteiger partial charge in [0.25, 0.3) is 5.91 Å². The van der Waals surface area contributed by atoms with Crippen LogP contribution >= 0.6 is 27.5 Å². The van der Waals surface area contributed by atoms with Gasteiger partial charge in [0.15, 0.2) is 0 Å². The van der Waals surface area contributed by atoms with Crippen molar-refractivity contribution in [3.8, 4) is 0 Å². The van der Waals surface area contributed by atoms with E-state index in [1.165, 1.54) is 4.90 Å². The number of carbonyl (C=O) groups is 3. The third kappa shape index (κ3) is 3.41. The molecule has 4 aromatic carbocycles. The van der Waals surface area contributed by atoms with Gasteiger partial charge in [-0.3, -0.25) is 14.4 Å². The lowest BCUT2D eigenvalue weighted by molar-refractivity contribution is -0.122. The van der Waals surface area contributed by atoms with Crippen LogP contribution in [-0.2, 0) is 15.0 Å². The number of amides is 3. The minimum absolute atomic E-state index is 0.284. The molecule has 196 valence electrons. The molecule has 1 N–H and O–H groups in total. The van der Waals surface area contributed by atoms with Gasteiger partial charge in [-0.15, -0.1) is 0 Å². The SMILES string of the molecule is O=C(NN=CC12c3ccccc3C(c3ccccc31)C1C(=O)N(c3ccccc3Cl)C(=O)C12)c1ccc(Br)cc1. The molecule has 4 aromatic rings. The predicted molar refractivity (Wildman–Crippen MR) is 157 cm³/mol. The van der Waals surface area contributed by atoms with Crippen LogP contribution in [0.25, 0.3) is 0 Å². The Morgan fingerprint density at radius 1 is 0.850 bits per heavy atom. The van der Waals surface area contributed by atoms with Crippen molar-refractivity contribution < 1.29 is 14.4 Å². The van der Waals surface area contributed by atoms with Crippen LogP contribution in [0.1, 0.15) is 38.5 Å². The molecule has 2 unspecified atom stereocenters. The quantitative estimate of drug-likeness (QED) is 0.173. The molecule has 1 saturated heterocycles. The number of para-hydroxylation sites is 1. The van der Waals surface area contributed by atoms with Gasteiger partial charge in [-0.2, -0.15) is 5.10 Å². The predicted octanol–water partition coefficient (Wildman–Crippen LogP) is 6.07. The first-order valence-corrected chi connectivity index (χ1v) is 14.0. The number of nitrogens with zero attached hydrogens (tertiary/aromatic N) is 2. The minimum atomic E-state index is -1.08. The molecule has 8 rings (SSSR count). The van der Waals surface area contributed by atoms with E-state index in [0.29, 0.717) is 16.3 Å². The number of imide groups is 1. The molecule has 2 atom stereocenters. The van der Waals surface area contributed by atoms with E-state index in [9.17, 15) is 14.4 Å². The van der Waals surface area contributed by atoms with Gasteiger partial charge < -0.3 is 0 Å². The number of nitrogens with one attached hydrogen (secondary N) is 1. The highest BCUT2D eigenvalue weighted by molar-refractivity contribution is 9.10. The highest BCUT2D eigenvalue weighted by atomic mass is 79.9. The van der Waals surface area contributed by atoms with Crippen molar-refractivity contribution in [1.82, 2.24) is 5.43 Å². The molecule has 40 heavy (non-hydrogen) atoms. The average molecular weight is 611 g/mol. The van der Waals surface area contributed by atoms with E-state index >= 15 is 0 Å². The summed E-state index contributed by atoms with van der Waals surface area (Å²) in [7, 11) is 0. The highest BCUT2D eigenvalue weighted by Crippen LogP contribution is 2.63. The van der Waals surface area contributed by atoms with E-state index in [1.54, 1.807) is 54.7 Å². The van der Waals surface area contributed by atoms with Crippen molar-refractivity contribution in [1.29, 1.82) is 0 Å². The van der Waals surface area contributed by atoms with Gasteiger partial charge in [-0.1, -0.05) is 88.2 Å². The summed E-state index contributed by atoms with van der Waals surface area (Å²) in [6.45, 7) is 0. The molecule has 1 heterocycles. The molecular formula is C32H21BrClN3O3. The normalized spacial score (nSPS) is 24.1. The van der Waals surface area contributed by atoms with Crippen molar-refractivity contribution in [3.63, 3.8) is 0 Å². The number of hydrogen-bond acceptors (Lipinski definition) is 4. The summed E-state index contributed by atoms with van der Waals surface area (Å²) in [6.07, 6.45) is 1.65. The minimum Gasteiger partial charge on any atom is -0.274 e. The summed E-state index contributed by atoms with van der Waals surface area (Å²) in [5.74, 6) is -2.71. The number of hydrogen-bond donors (Lipinski definition) is 1. The molecule has 8 heteroatoms. The summed E-state index contributed by atoms with van der Waals surface area (Å²) >= 11 is 9.88. The molecule has 4 aliphatic rings. The van der Waals surface area contributed by atoms with Crippen LogP contribution in [0.2, 0.25) is 5.02 Å². The van der Waals surface area contributed by atoms with Crippen LogP contribution in [0.15, 0.2) is 107 Å². The molecule has 6 nitrogen and oxygen atoms in total. The molecule has 0 radical (unpaired) electrons. The fraction of sp³-hybridized carbons (Fsp3) is 0.125. The summed E-state index contributed by atoms with van der Waals surface area (Å²) in [5.41, 5.74) is 6.16. The maximum absolute atomic E-state index is 14.4. The fourth-order valence-corrected chi connectivity index (χ4v) is 7.26. The maximum atomic E-state index is 14.4. The van der Waals surface area contributed by atoms with E-state index in [2.05, 4.69) is 26.5 Å². The Morgan fingerprint density at radius 2 is 1.45 bits per heavy atom. The van der Waals surface area contributed by atoms with Crippen LogP contribution in [-0.4, -0.2) is 23.9 Å². The highest BCUT2D eigenvalue weighted by Gasteiger charge is 2.68. The Hall–Kier alpha value is -4.07. The smallest absolute Gasteiger partial charge is 0.271 e. The fourth-order valence-electron chi connectivity index (χ4n) is 6.78. The molecule has 3 aliphatic carbocycles. The molecule has 0 aromatic heterocycles. The van der Waals surface area contributed by atoms with Gasteiger partial charge in [-0.25, -0.2) is 10.3 Å². The third-order valence-corrected chi connectivity index (χ3v) is 9.17. The Balaban J connectivity index is 1.41. The topological polar surface area (TPSA) is 78.8 Å². The van der Waals surface area contributed by atoms with Gasteiger partial charge in [0.1, 0.15) is 0 Å². The van der Waals surface area contributed by atoms with E-state index in [4.69, 9.17) is 11.6 Å². The first kappa shape index (κ1) is 24.9. The van der Waals surface area contributed by atoms with Gasteiger partial charge in [0.2, 0.25) is 11.8 Å². The van der Waals surface area contributed by atoms with Crippen molar-refractivity contribution in [2.75, 3.05) is 4.90 Å². The van der Waals surface area contributed by atoms with Crippen LogP contribution in [0, 0.1) is 11.8 Å². The molecule has 1 aliphatic heterocycles. The molecule has 2 bridgehead atoms. The van der Waals surface area contributed by atoms with Crippen molar-refractivity contribution >= 4 is 57.2 Å². The second-order valence-electron chi connectivity index (χ2n) is 10.2. The van der Waals surface area contributed by atoms with E-state index in [0.717, 1.165) is 26.7 Å². The number of benzene rings is 4. The van der Waals surface area contributed by atoms with E-state index in [-0.39, 0.29) is 23.6 Å². The van der Waals surface area contributed by atoms with Crippen LogP contribution in [0.4, 0.5) is 5.69 Å². The van der Waals surface area contributed by atoms with Crippen LogP contribution in [0.3, 0.4) is 0 Å². The zero-order valence-corrected chi connectivity index (χ0v) is 23.3. The average Bonchev–Trinajstić information content (AvgIpc) is 3.24. The Bertz CT molecular complexity index is 1710. The van der Waals surface area contributed by atoms with Gasteiger partial charge in [0, 0.05) is 22.2 Å². The Morgan fingerprint density at radius 3 is 2.10 bits per heavy atom. The largest absolute Gasteiger partial charge is 0.274 e. The molecule has 1 fully saturated rings. The molecule has 0 saturated carbocycles. The molecule has 3 amide bonds. The zero-order valence-electron chi connectivity index (χ0n) is 20.9. The van der Waals surface area contributed by atoms with Gasteiger partial charge >= 0.3 is 0 Å². The number of halogens is 2. The third-order valence-electron chi connectivity index (χ3n) is 8.32. The zero-order chi connectivity index (χ0) is 27.6. The van der Waals surface area contributed by atoms with Crippen LogP contribution in [0.5, 0.6) is 0 Å². The van der Waals surface area contributed by atoms with Gasteiger partial charge in [0.05, 0.1) is 28.0 Å². The number of hydrazone groups is 1. The lowest BCUT2D eigenvalue weighted by atomic mass is 9.47. The van der Waals surface area contributed by atoms with E-state index in [1.807, 2.05) is 48.5 Å². The number of carbonyl (C=O) groups excluding carboxylic acids is 3. The monoisotopic (exact) mass is 609 g/mol.